The minimum absolute atomic E-state index is 0.742. The van der Waals surface area contributed by atoms with E-state index in [0.29, 0.717) is 0 Å². The summed E-state index contributed by atoms with van der Waals surface area (Å²) < 4.78 is 5.70. The van der Waals surface area contributed by atoms with E-state index in [1.807, 2.05) is 25.1 Å². The fraction of sp³-hybridized carbons (Fsp3) is 0.421. The maximum atomic E-state index is 5.70. The molecule has 0 unspecified atom stereocenters. The Hall–Kier alpha value is -1.87. The van der Waals surface area contributed by atoms with E-state index in [-0.39, 0.29) is 0 Å². The number of benzene rings is 1. The van der Waals surface area contributed by atoms with Crippen molar-refractivity contribution < 1.29 is 4.74 Å². The van der Waals surface area contributed by atoms with Gasteiger partial charge in [0, 0.05) is 24.8 Å². The van der Waals surface area contributed by atoms with Crippen LogP contribution >= 0.6 is 0 Å². The fourth-order valence-corrected chi connectivity index (χ4v) is 2.96. The van der Waals surface area contributed by atoms with Crippen molar-refractivity contribution in [1.82, 2.24) is 9.88 Å². The zero-order chi connectivity index (χ0) is 15.2. The van der Waals surface area contributed by atoms with Gasteiger partial charge in [-0.3, -0.25) is 4.90 Å². The average molecular weight is 296 g/mol. The number of rotatable bonds is 6. The second kappa shape index (κ2) is 7.41. The zero-order valence-corrected chi connectivity index (χ0v) is 13.3. The molecule has 1 aromatic carbocycles. The minimum atomic E-state index is 0.742. The molecule has 0 amide bonds. The molecule has 2 aromatic rings. The largest absolute Gasteiger partial charge is 0.478 e. The Labute approximate surface area is 132 Å². The van der Waals surface area contributed by atoms with Crippen LogP contribution < -0.4 is 4.74 Å². The first-order valence-electron chi connectivity index (χ1n) is 8.17. The summed E-state index contributed by atoms with van der Waals surface area (Å²) in [6.45, 7) is 6.16. The number of ether oxygens (including phenoxy) is 1. The van der Waals surface area contributed by atoms with Gasteiger partial charge in [0.1, 0.15) is 0 Å². The summed E-state index contributed by atoms with van der Waals surface area (Å²) in [4.78, 5) is 6.90. The molecule has 0 saturated carbocycles. The van der Waals surface area contributed by atoms with Gasteiger partial charge in [-0.1, -0.05) is 30.3 Å². The third kappa shape index (κ3) is 4.08. The summed E-state index contributed by atoms with van der Waals surface area (Å²) in [5.41, 5.74) is 4.02. The number of pyridine rings is 1. The van der Waals surface area contributed by atoms with Gasteiger partial charge in [-0.2, -0.15) is 0 Å². The van der Waals surface area contributed by atoms with Gasteiger partial charge >= 0.3 is 0 Å². The maximum Gasteiger partial charge on any atom is 0.213 e. The van der Waals surface area contributed by atoms with Crippen LogP contribution in [0.2, 0.25) is 0 Å². The Balaban J connectivity index is 1.36. The van der Waals surface area contributed by atoms with Crippen LogP contribution in [0.3, 0.4) is 0 Å². The number of aromatic nitrogens is 1. The van der Waals surface area contributed by atoms with Gasteiger partial charge in [-0.05, 0) is 49.9 Å². The van der Waals surface area contributed by atoms with Crippen LogP contribution in [-0.2, 0) is 13.0 Å². The van der Waals surface area contributed by atoms with Crippen molar-refractivity contribution >= 4 is 0 Å². The number of nitrogens with zero attached hydrogens (tertiary/aromatic N) is 2. The first kappa shape index (κ1) is 15.0. The Bertz CT molecular complexity index is 612. The molecule has 3 rings (SSSR count). The summed E-state index contributed by atoms with van der Waals surface area (Å²) in [6.07, 6.45) is 3.43. The number of unbranched alkanes of at least 4 members (excludes halogenated alkanes) is 1. The van der Waals surface area contributed by atoms with Crippen LogP contribution in [0.5, 0.6) is 5.88 Å². The Morgan fingerprint density at radius 1 is 1.05 bits per heavy atom. The van der Waals surface area contributed by atoms with Crippen LogP contribution in [0.25, 0.3) is 0 Å². The lowest BCUT2D eigenvalue weighted by Crippen LogP contribution is -2.31. The first-order valence-corrected chi connectivity index (χ1v) is 8.17. The monoisotopic (exact) mass is 296 g/mol. The zero-order valence-electron chi connectivity index (χ0n) is 13.3. The standard InChI is InChI=1S/C19H24N2O/c1-16-7-6-10-19(20-16)22-14-5-4-12-21-13-11-17-8-2-3-9-18(17)15-21/h2-3,6-10H,4-5,11-15H2,1H3. The molecule has 1 aliphatic rings. The highest BCUT2D eigenvalue weighted by atomic mass is 16.5. The van der Waals surface area contributed by atoms with Crippen molar-refractivity contribution in [2.45, 2.75) is 32.7 Å². The highest BCUT2D eigenvalue weighted by molar-refractivity contribution is 5.29. The molecule has 3 heteroatoms. The van der Waals surface area contributed by atoms with Gasteiger partial charge in [-0.15, -0.1) is 0 Å². The summed E-state index contributed by atoms with van der Waals surface area (Å²) in [5, 5.41) is 0. The lowest BCUT2D eigenvalue weighted by Gasteiger charge is -2.28. The van der Waals surface area contributed by atoms with Crippen LogP contribution in [-0.4, -0.2) is 29.6 Å². The number of hydrogen-bond acceptors (Lipinski definition) is 3. The Morgan fingerprint density at radius 2 is 1.91 bits per heavy atom. The molecule has 0 saturated heterocycles. The molecule has 0 N–H and O–H groups in total. The first-order chi connectivity index (χ1) is 10.8. The lowest BCUT2D eigenvalue weighted by molar-refractivity contribution is 0.233. The fourth-order valence-electron chi connectivity index (χ4n) is 2.96. The number of hydrogen-bond donors (Lipinski definition) is 0. The molecule has 1 aliphatic heterocycles. The van der Waals surface area contributed by atoms with E-state index >= 15 is 0 Å². The van der Waals surface area contributed by atoms with Crippen molar-refractivity contribution in [3.8, 4) is 5.88 Å². The third-order valence-electron chi connectivity index (χ3n) is 4.19. The van der Waals surface area contributed by atoms with E-state index < -0.39 is 0 Å². The van der Waals surface area contributed by atoms with E-state index in [1.54, 1.807) is 0 Å². The van der Waals surface area contributed by atoms with E-state index in [1.165, 1.54) is 30.5 Å². The average Bonchev–Trinajstić information content (AvgIpc) is 2.54. The van der Waals surface area contributed by atoms with Crippen molar-refractivity contribution in [2.75, 3.05) is 19.7 Å². The Kier molecular flexibility index (Phi) is 5.07. The molecule has 0 fully saturated rings. The van der Waals surface area contributed by atoms with E-state index in [4.69, 9.17) is 4.74 Å². The summed E-state index contributed by atoms with van der Waals surface area (Å²) in [5.74, 6) is 0.742. The summed E-state index contributed by atoms with van der Waals surface area (Å²) >= 11 is 0. The topological polar surface area (TPSA) is 25.4 Å². The third-order valence-corrected chi connectivity index (χ3v) is 4.19. The van der Waals surface area contributed by atoms with Crippen LogP contribution in [0.4, 0.5) is 0 Å². The molecule has 116 valence electrons. The smallest absolute Gasteiger partial charge is 0.213 e. The van der Waals surface area contributed by atoms with Crippen LogP contribution in [0.15, 0.2) is 42.5 Å². The molecule has 0 atom stereocenters. The molecule has 1 aromatic heterocycles. The van der Waals surface area contributed by atoms with E-state index in [2.05, 4.69) is 34.1 Å². The number of aryl methyl sites for hydroxylation is 1. The van der Waals surface area contributed by atoms with Gasteiger partial charge in [0.25, 0.3) is 0 Å². The summed E-state index contributed by atoms with van der Waals surface area (Å²) in [6, 6.07) is 14.7. The van der Waals surface area contributed by atoms with Gasteiger partial charge in [0.15, 0.2) is 0 Å². The molecule has 0 radical (unpaired) electrons. The van der Waals surface area contributed by atoms with Gasteiger partial charge in [0.05, 0.1) is 6.61 Å². The quantitative estimate of drug-likeness (QED) is 0.762. The van der Waals surface area contributed by atoms with Crippen molar-refractivity contribution in [3.05, 3.63) is 59.3 Å². The van der Waals surface area contributed by atoms with Crippen molar-refractivity contribution in [1.29, 1.82) is 0 Å². The molecule has 2 heterocycles. The predicted molar refractivity (Wildman–Crippen MR) is 89.1 cm³/mol. The highest BCUT2D eigenvalue weighted by Crippen LogP contribution is 2.18. The highest BCUT2D eigenvalue weighted by Gasteiger charge is 2.14. The van der Waals surface area contributed by atoms with Crippen LogP contribution in [0.1, 0.15) is 29.7 Å². The molecule has 0 bridgehead atoms. The van der Waals surface area contributed by atoms with Crippen molar-refractivity contribution in [3.63, 3.8) is 0 Å². The minimum Gasteiger partial charge on any atom is -0.478 e. The van der Waals surface area contributed by atoms with E-state index in [0.717, 1.165) is 37.7 Å². The maximum absolute atomic E-state index is 5.70. The molecule has 3 nitrogen and oxygen atoms in total. The van der Waals surface area contributed by atoms with Gasteiger partial charge in [0.2, 0.25) is 5.88 Å². The molecular weight excluding hydrogens is 272 g/mol. The van der Waals surface area contributed by atoms with Gasteiger partial charge in [-0.25, -0.2) is 4.98 Å². The second-order valence-electron chi connectivity index (χ2n) is 5.97. The summed E-state index contributed by atoms with van der Waals surface area (Å²) in [7, 11) is 0. The second-order valence-corrected chi connectivity index (χ2v) is 5.97. The van der Waals surface area contributed by atoms with Crippen molar-refractivity contribution in [2.24, 2.45) is 0 Å². The molecule has 0 aliphatic carbocycles. The van der Waals surface area contributed by atoms with Gasteiger partial charge < -0.3 is 4.74 Å². The number of fused-ring (bicyclic) bond motifs is 1. The van der Waals surface area contributed by atoms with Crippen LogP contribution in [0, 0.1) is 6.92 Å². The predicted octanol–water partition coefficient (Wildman–Crippen LogP) is 3.61. The normalized spacial score (nSPS) is 14.6. The molecule has 22 heavy (non-hydrogen) atoms. The molecule has 0 spiro atoms. The lowest BCUT2D eigenvalue weighted by atomic mass is 10.00. The molecular formula is C19H24N2O. The SMILES string of the molecule is Cc1cccc(OCCCCN2CCc3ccccc3C2)n1. The Morgan fingerprint density at radius 3 is 2.77 bits per heavy atom. The van der Waals surface area contributed by atoms with E-state index in [9.17, 15) is 0 Å².